The fourth-order valence-corrected chi connectivity index (χ4v) is 1.90. The van der Waals surface area contributed by atoms with Crippen molar-refractivity contribution in [2.75, 3.05) is 13.7 Å². The first-order chi connectivity index (χ1) is 9.51. The lowest BCUT2D eigenvalue weighted by Crippen LogP contribution is -2.25. The Balaban J connectivity index is 2.12. The molecule has 0 bridgehead atoms. The van der Waals surface area contributed by atoms with Crippen LogP contribution < -0.4 is 5.32 Å². The normalized spacial score (nSPS) is 10.6. The quantitative estimate of drug-likeness (QED) is 0.865. The highest BCUT2D eigenvalue weighted by molar-refractivity contribution is 5.87. The molecule has 1 heterocycles. The minimum absolute atomic E-state index is 0.0898. The molecule has 0 unspecified atom stereocenters. The number of benzene rings is 1. The average molecular weight is 275 g/mol. The lowest BCUT2D eigenvalue weighted by Gasteiger charge is -2.03. The third kappa shape index (κ3) is 2.99. The molecular weight excluding hydrogens is 258 g/mol. The van der Waals surface area contributed by atoms with Crippen molar-refractivity contribution < 1.29 is 18.7 Å². The predicted molar refractivity (Wildman–Crippen MR) is 74.4 cm³/mol. The fraction of sp³-hybridized carbons (Fsp3) is 0.333. The number of furan rings is 1. The van der Waals surface area contributed by atoms with Gasteiger partial charge in [0.15, 0.2) is 6.61 Å². The molecule has 0 aliphatic heterocycles. The molecule has 106 valence electrons. The van der Waals surface area contributed by atoms with Gasteiger partial charge in [-0.05, 0) is 37.1 Å². The van der Waals surface area contributed by atoms with Crippen molar-refractivity contribution in [2.24, 2.45) is 0 Å². The minimum Gasteiger partial charge on any atom is -0.464 e. The minimum atomic E-state index is -0.450. The Morgan fingerprint density at radius 2 is 1.95 bits per heavy atom. The monoisotopic (exact) mass is 275 g/mol. The first-order valence-corrected chi connectivity index (χ1v) is 6.34. The molecule has 0 saturated heterocycles. The van der Waals surface area contributed by atoms with Gasteiger partial charge in [0.05, 0.1) is 12.7 Å². The largest absolute Gasteiger partial charge is 0.464 e. The Kier molecular flexibility index (Phi) is 4.08. The maximum absolute atomic E-state index is 11.7. The number of aryl methyl sites for hydroxylation is 2. The second-order valence-electron chi connectivity index (χ2n) is 4.70. The number of carbonyl (C=O) groups is 2. The van der Waals surface area contributed by atoms with E-state index >= 15 is 0 Å². The Labute approximate surface area is 116 Å². The first-order valence-electron chi connectivity index (χ1n) is 6.34. The number of fused-ring (bicyclic) bond motifs is 1. The van der Waals surface area contributed by atoms with Crippen LogP contribution in [0.15, 0.2) is 22.8 Å². The van der Waals surface area contributed by atoms with Crippen LogP contribution in [0.1, 0.15) is 16.7 Å². The van der Waals surface area contributed by atoms with E-state index in [1.165, 1.54) is 7.05 Å². The van der Waals surface area contributed by atoms with Crippen LogP contribution in [0.4, 0.5) is 0 Å². The molecular formula is C15H17NO4. The number of amides is 1. The average Bonchev–Trinajstić information content (AvgIpc) is 2.79. The van der Waals surface area contributed by atoms with Gasteiger partial charge in [-0.3, -0.25) is 9.59 Å². The molecule has 0 fully saturated rings. The molecule has 20 heavy (non-hydrogen) atoms. The lowest BCUT2D eigenvalue weighted by molar-refractivity contribution is -0.147. The van der Waals surface area contributed by atoms with Crippen LogP contribution in [-0.2, 0) is 20.7 Å². The second-order valence-corrected chi connectivity index (χ2v) is 4.70. The van der Waals surface area contributed by atoms with Crippen molar-refractivity contribution in [2.45, 2.75) is 20.3 Å². The number of esters is 1. The lowest BCUT2D eigenvalue weighted by atomic mass is 10.0. The molecule has 1 aromatic carbocycles. The predicted octanol–water partition coefficient (Wildman–Crippen LogP) is 1.88. The molecule has 5 heteroatoms. The summed E-state index contributed by atoms with van der Waals surface area (Å²) in [5.74, 6) is -0.781. The Morgan fingerprint density at radius 3 is 2.65 bits per heavy atom. The number of rotatable bonds is 4. The van der Waals surface area contributed by atoms with Crippen LogP contribution in [-0.4, -0.2) is 25.5 Å². The number of likely N-dealkylation sites (N-methyl/N-ethyl adjacent to an activating group) is 1. The second kappa shape index (κ2) is 5.77. The number of hydrogen-bond acceptors (Lipinski definition) is 4. The van der Waals surface area contributed by atoms with Gasteiger partial charge in [0.2, 0.25) is 0 Å². The summed E-state index contributed by atoms with van der Waals surface area (Å²) in [6.45, 7) is 3.76. The van der Waals surface area contributed by atoms with Gasteiger partial charge < -0.3 is 14.5 Å². The van der Waals surface area contributed by atoms with E-state index in [-0.39, 0.29) is 18.9 Å². The van der Waals surface area contributed by atoms with Crippen molar-refractivity contribution in [1.82, 2.24) is 5.32 Å². The number of ether oxygens (including phenoxy) is 1. The third-order valence-corrected chi connectivity index (χ3v) is 3.25. The molecule has 2 aromatic rings. The van der Waals surface area contributed by atoms with E-state index in [1.807, 2.05) is 26.0 Å². The highest BCUT2D eigenvalue weighted by Crippen LogP contribution is 2.25. The van der Waals surface area contributed by atoms with Gasteiger partial charge in [0.25, 0.3) is 5.91 Å². The molecule has 1 amide bonds. The number of hydrogen-bond donors (Lipinski definition) is 1. The van der Waals surface area contributed by atoms with E-state index in [0.29, 0.717) is 0 Å². The molecule has 0 aliphatic rings. The van der Waals surface area contributed by atoms with Crippen LogP contribution in [0.3, 0.4) is 0 Å². The van der Waals surface area contributed by atoms with Crippen molar-refractivity contribution in [3.05, 3.63) is 35.1 Å². The molecule has 0 saturated carbocycles. The first kappa shape index (κ1) is 14.1. The summed E-state index contributed by atoms with van der Waals surface area (Å²) >= 11 is 0. The molecule has 1 aromatic heterocycles. The van der Waals surface area contributed by atoms with Gasteiger partial charge in [-0.15, -0.1) is 0 Å². The summed E-state index contributed by atoms with van der Waals surface area (Å²) in [4.78, 5) is 22.7. The van der Waals surface area contributed by atoms with Gasteiger partial charge in [-0.25, -0.2) is 0 Å². The van der Waals surface area contributed by atoms with Gasteiger partial charge in [-0.2, -0.15) is 0 Å². The highest BCUT2D eigenvalue weighted by Gasteiger charge is 2.13. The molecule has 1 N–H and O–H groups in total. The van der Waals surface area contributed by atoms with Crippen molar-refractivity contribution in [3.63, 3.8) is 0 Å². The van der Waals surface area contributed by atoms with Crippen molar-refractivity contribution in [1.29, 1.82) is 0 Å². The molecule has 0 radical (unpaired) electrons. The zero-order valence-corrected chi connectivity index (χ0v) is 11.8. The van der Waals surface area contributed by atoms with E-state index in [4.69, 9.17) is 9.15 Å². The Hall–Kier alpha value is -2.30. The van der Waals surface area contributed by atoms with E-state index < -0.39 is 5.97 Å². The number of nitrogens with one attached hydrogen (secondary N) is 1. The zero-order chi connectivity index (χ0) is 14.7. The highest BCUT2D eigenvalue weighted by atomic mass is 16.5. The SMILES string of the molecule is CNC(=O)COC(=O)Cc1coc2cc(C)c(C)cc12. The molecule has 0 spiro atoms. The van der Waals surface area contributed by atoms with Crippen LogP contribution >= 0.6 is 0 Å². The van der Waals surface area contributed by atoms with Gasteiger partial charge >= 0.3 is 5.97 Å². The van der Waals surface area contributed by atoms with E-state index in [9.17, 15) is 9.59 Å². The van der Waals surface area contributed by atoms with Crippen LogP contribution in [0, 0.1) is 13.8 Å². The molecule has 5 nitrogen and oxygen atoms in total. The molecule has 0 atom stereocenters. The molecule has 2 rings (SSSR count). The Morgan fingerprint density at radius 1 is 1.25 bits per heavy atom. The van der Waals surface area contributed by atoms with Gasteiger partial charge in [-0.1, -0.05) is 0 Å². The van der Waals surface area contributed by atoms with E-state index in [2.05, 4.69) is 5.32 Å². The third-order valence-electron chi connectivity index (χ3n) is 3.25. The summed E-state index contributed by atoms with van der Waals surface area (Å²) < 4.78 is 10.3. The van der Waals surface area contributed by atoms with E-state index in [0.717, 1.165) is 27.7 Å². The smallest absolute Gasteiger partial charge is 0.310 e. The van der Waals surface area contributed by atoms with Gasteiger partial charge in [0.1, 0.15) is 5.58 Å². The topological polar surface area (TPSA) is 68.5 Å². The summed E-state index contributed by atoms with van der Waals surface area (Å²) in [5, 5.41) is 3.30. The zero-order valence-electron chi connectivity index (χ0n) is 11.8. The van der Waals surface area contributed by atoms with Crippen molar-refractivity contribution >= 4 is 22.8 Å². The summed E-state index contributed by atoms with van der Waals surface area (Å²) in [6.07, 6.45) is 1.65. The van der Waals surface area contributed by atoms with E-state index in [1.54, 1.807) is 6.26 Å². The summed E-state index contributed by atoms with van der Waals surface area (Å²) in [5.41, 5.74) is 3.80. The standard InChI is InChI=1S/C15H17NO4/c1-9-4-12-11(7-19-13(12)5-10(9)2)6-15(18)20-8-14(17)16-3/h4-5,7H,6,8H2,1-3H3,(H,16,17). The fourth-order valence-electron chi connectivity index (χ4n) is 1.90. The Bertz CT molecular complexity index is 657. The van der Waals surface area contributed by atoms with Crippen LogP contribution in [0.2, 0.25) is 0 Å². The summed E-state index contributed by atoms with van der Waals surface area (Å²) in [7, 11) is 1.49. The van der Waals surface area contributed by atoms with Crippen LogP contribution in [0.25, 0.3) is 11.0 Å². The molecule has 0 aliphatic carbocycles. The maximum Gasteiger partial charge on any atom is 0.310 e. The summed E-state index contributed by atoms with van der Waals surface area (Å²) in [6, 6.07) is 3.94. The number of carbonyl (C=O) groups excluding carboxylic acids is 2. The maximum atomic E-state index is 11.7. The van der Waals surface area contributed by atoms with Crippen LogP contribution in [0.5, 0.6) is 0 Å². The van der Waals surface area contributed by atoms with Crippen molar-refractivity contribution in [3.8, 4) is 0 Å². The van der Waals surface area contributed by atoms with Gasteiger partial charge in [0, 0.05) is 18.0 Å².